The SMILES string of the molecule is Cn1c(=O)n(CC2CCCCN2)c(=O)c2cc(Cl)ccc21. The minimum absolute atomic E-state index is 0.181. The fourth-order valence-electron chi connectivity index (χ4n) is 2.95. The van der Waals surface area contributed by atoms with Crippen molar-refractivity contribution >= 4 is 22.5 Å². The minimum Gasteiger partial charge on any atom is -0.312 e. The van der Waals surface area contributed by atoms with Crippen molar-refractivity contribution in [1.82, 2.24) is 14.5 Å². The molecule has 1 N–H and O–H groups in total. The van der Waals surface area contributed by atoms with Crippen LogP contribution in [0.5, 0.6) is 0 Å². The van der Waals surface area contributed by atoms with Crippen LogP contribution in [0.1, 0.15) is 19.3 Å². The van der Waals surface area contributed by atoms with Crippen LogP contribution >= 0.6 is 11.6 Å². The standard InChI is InChI=1S/C15H18ClN3O2/c1-18-13-6-5-10(16)8-12(13)14(20)19(15(18)21)9-11-4-2-3-7-17-11/h5-6,8,11,17H,2-4,7,9H2,1H3. The molecular weight excluding hydrogens is 290 g/mol. The summed E-state index contributed by atoms with van der Waals surface area (Å²) < 4.78 is 2.83. The zero-order valence-electron chi connectivity index (χ0n) is 11.9. The Balaban J connectivity index is 2.13. The van der Waals surface area contributed by atoms with E-state index in [0.717, 1.165) is 25.8 Å². The lowest BCUT2D eigenvalue weighted by molar-refractivity contribution is 0.353. The van der Waals surface area contributed by atoms with Gasteiger partial charge < -0.3 is 5.32 Å². The molecule has 0 radical (unpaired) electrons. The van der Waals surface area contributed by atoms with E-state index in [-0.39, 0.29) is 17.3 Å². The molecule has 1 fully saturated rings. The maximum Gasteiger partial charge on any atom is 0.331 e. The lowest BCUT2D eigenvalue weighted by atomic mass is 10.1. The molecule has 1 unspecified atom stereocenters. The molecule has 0 aliphatic carbocycles. The van der Waals surface area contributed by atoms with Crippen LogP contribution in [0.2, 0.25) is 5.02 Å². The Labute approximate surface area is 127 Å². The molecule has 2 aromatic rings. The van der Waals surface area contributed by atoms with Crippen LogP contribution < -0.4 is 16.6 Å². The molecule has 1 aromatic carbocycles. The number of piperidine rings is 1. The average molecular weight is 308 g/mol. The van der Waals surface area contributed by atoms with Crippen LogP contribution in [-0.2, 0) is 13.6 Å². The number of nitrogens with zero attached hydrogens (tertiary/aromatic N) is 2. The molecule has 2 heterocycles. The zero-order valence-corrected chi connectivity index (χ0v) is 12.7. The first-order valence-corrected chi connectivity index (χ1v) is 7.58. The predicted molar refractivity (Wildman–Crippen MR) is 84.1 cm³/mol. The molecule has 6 heteroatoms. The van der Waals surface area contributed by atoms with Crippen molar-refractivity contribution < 1.29 is 0 Å². The number of aryl methyl sites for hydroxylation is 1. The quantitative estimate of drug-likeness (QED) is 0.914. The van der Waals surface area contributed by atoms with E-state index in [0.29, 0.717) is 22.5 Å². The number of benzene rings is 1. The van der Waals surface area contributed by atoms with Gasteiger partial charge in [-0.05, 0) is 37.6 Å². The second-order valence-electron chi connectivity index (χ2n) is 5.57. The fourth-order valence-corrected chi connectivity index (χ4v) is 3.12. The maximum atomic E-state index is 12.6. The van der Waals surface area contributed by atoms with Gasteiger partial charge >= 0.3 is 5.69 Å². The van der Waals surface area contributed by atoms with Crippen molar-refractivity contribution in [2.75, 3.05) is 6.54 Å². The number of hydrogen-bond donors (Lipinski definition) is 1. The number of halogens is 1. The molecule has 1 aromatic heterocycles. The number of fused-ring (bicyclic) bond motifs is 1. The number of nitrogens with one attached hydrogen (secondary N) is 1. The molecule has 0 bridgehead atoms. The van der Waals surface area contributed by atoms with E-state index in [1.54, 1.807) is 25.2 Å². The van der Waals surface area contributed by atoms with Crippen molar-refractivity contribution in [3.05, 3.63) is 44.1 Å². The van der Waals surface area contributed by atoms with Gasteiger partial charge in [0.2, 0.25) is 0 Å². The maximum absolute atomic E-state index is 12.6. The first kappa shape index (κ1) is 14.4. The van der Waals surface area contributed by atoms with Gasteiger partial charge in [0.25, 0.3) is 5.56 Å². The van der Waals surface area contributed by atoms with E-state index >= 15 is 0 Å². The van der Waals surface area contributed by atoms with Gasteiger partial charge in [-0.2, -0.15) is 0 Å². The highest BCUT2D eigenvalue weighted by atomic mass is 35.5. The van der Waals surface area contributed by atoms with Gasteiger partial charge in [0.05, 0.1) is 10.9 Å². The second-order valence-corrected chi connectivity index (χ2v) is 6.00. The highest BCUT2D eigenvalue weighted by molar-refractivity contribution is 6.31. The lowest BCUT2D eigenvalue weighted by Crippen LogP contribution is -2.46. The summed E-state index contributed by atoms with van der Waals surface area (Å²) in [5.41, 5.74) is 0.0763. The Hall–Kier alpha value is -1.59. The lowest BCUT2D eigenvalue weighted by Gasteiger charge is -2.24. The third kappa shape index (κ3) is 2.63. The summed E-state index contributed by atoms with van der Waals surface area (Å²) in [6, 6.07) is 5.21. The summed E-state index contributed by atoms with van der Waals surface area (Å²) in [4.78, 5) is 25.0. The summed E-state index contributed by atoms with van der Waals surface area (Å²) in [5, 5.41) is 4.35. The van der Waals surface area contributed by atoms with Crippen molar-refractivity contribution in [2.45, 2.75) is 31.8 Å². The molecule has 1 aliphatic heterocycles. The Bertz CT molecular complexity index is 788. The van der Waals surface area contributed by atoms with Crippen LogP contribution in [0.3, 0.4) is 0 Å². The van der Waals surface area contributed by atoms with E-state index < -0.39 is 0 Å². The van der Waals surface area contributed by atoms with Crippen molar-refractivity contribution in [3.8, 4) is 0 Å². The molecule has 1 atom stereocenters. The molecular formula is C15H18ClN3O2. The van der Waals surface area contributed by atoms with Gasteiger partial charge in [-0.1, -0.05) is 18.0 Å². The molecule has 0 spiro atoms. The van der Waals surface area contributed by atoms with Gasteiger partial charge in [0, 0.05) is 24.7 Å². The molecule has 112 valence electrons. The summed E-state index contributed by atoms with van der Waals surface area (Å²) in [7, 11) is 1.68. The van der Waals surface area contributed by atoms with E-state index in [9.17, 15) is 9.59 Å². The summed E-state index contributed by atoms with van der Waals surface area (Å²) in [6.07, 6.45) is 3.27. The molecule has 0 saturated carbocycles. The Morgan fingerprint density at radius 1 is 1.33 bits per heavy atom. The predicted octanol–water partition coefficient (Wildman–Crippen LogP) is 1.50. The monoisotopic (exact) mass is 307 g/mol. The smallest absolute Gasteiger partial charge is 0.312 e. The highest BCUT2D eigenvalue weighted by Gasteiger charge is 2.17. The molecule has 21 heavy (non-hydrogen) atoms. The molecule has 5 nitrogen and oxygen atoms in total. The van der Waals surface area contributed by atoms with Crippen LogP contribution in [-0.4, -0.2) is 21.7 Å². The van der Waals surface area contributed by atoms with E-state index in [1.807, 2.05) is 0 Å². The summed E-state index contributed by atoms with van der Waals surface area (Å²) in [5.74, 6) is 0. The van der Waals surface area contributed by atoms with E-state index in [4.69, 9.17) is 11.6 Å². The Morgan fingerprint density at radius 3 is 2.86 bits per heavy atom. The number of aromatic nitrogens is 2. The third-order valence-corrected chi connectivity index (χ3v) is 4.36. The highest BCUT2D eigenvalue weighted by Crippen LogP contribution is 2.15. The van der Waals surface area contributed by atoms with Crippen LogP contribution in [0.25, 0.3) is 10.9 Å². The Morgan fingerprint density at radius 2 is 2.14 bits per heavy atom. The first-order chi connectivity index (χ1) is 10.1. The van der Waals surface area contributed by atoms with Crippen molar-refractivity contribution in [1.29, 1.82) is 0 Å². The molecule has 0 amide bonds. The molecule has 1 saturated heterocycles. The van der Waals surface area contributed by atoms with E-state index in [1.165, 1.54) is 9.13 Å². The van der Waals surface area contributed by atoms with Gasteiger partial charge in [-0.3, -0.25) is 13.9 Å². The van der Waals surface area contributed by atoms with Gasteiger partial charge in [-0.15, -0.1) is 0 Å². The summed E-state index contributed by atoms with van der Waals surface area (Å²) >= 11 is 5.98. The number of rotatable bonds is 2. The van der Waals surface area contributed by atoms with Crippen LogP contribution in [0.15, 0.2) is 27.8 Å². The van der Waals surface area contributed by atoms with Crippen LogP contribution in [0.4, 0.5) is 0 Å². The van der Waals surface area contributed by atoms with Gasteiger partial charge in [0.1, 0.15) is 0 Å². The van der Waals surface area contributed by atoms with Gasteiger partial charge in [-0.25, -0.2) is 4.79 Å². The molecule has 3 rings (SSSR count). The zero-order chi connectivity index (χ0) is 15.0. The topological polar surface area (TPSA) is 56.0 Å². The molecule has 1 aliphatic rings. The van der Waals surface area contributed by atoms with Gasteiger partial charge in [0.15, 0.2) is 0 Å². The number of hydrogen-bond acceptors (Lipinski definition) is 3. The average Bonchev–Trinajstić information content (AvgIpc) is 2.50. The van der Waals surface area contributed by atoms with Crippen LogP contribution in [0, 0.1) is 0 Å². The largest absolute Gasteiger partial charge is 0.331 e. The first-order valence-electron chi connectivity index (χ1n) is 7.20. The van der Waals surface area contributed by atoms with Crippen molar-refractivity contribution in [3.63, 3.8) is 0 Å². The fraction of sp³-hybridized carbons (Fsp3) is 0.467. The second kappa shape index (κ2) is 5.66. The third-order valence-electron chi connectivity index (χ3n) is 4.13. The normalized spacial score (nSPS) is 19.0. The summed E-state index contributed by atoms with van der Waals surface area (Å²) in [6.45, 7) is 1.35. The minimum atomic E-state index is -0.276. The van der Waals surface area contributed by atoms with E-state index in [2.05, 4.69) is 5.32 Å². The van der Waals surface area contributed by atoms with Crippen molar-refractivity contribution in [2.24, 2.45) is 7.05 Å². The Kier molecular flexibility index (Phi) is 3.87.